The van der Waals surface area contributed by atoms with Crippen LogP contribution < -0.4 is 4.74 Å². The van der Waals surface area contributed by atoms with E-state index in [0.29, 0.717) is 16.7 Å². The van der Waals surface area contributed by atoms with Crippen LogP contribution >= 0.6 is 11.8 Å². The number of carbonyl (C=O) groups excluding carboxylic acids is 1. The molecular weight excluding hydrogens is 467 g/mol. The number of hydrogen-bond acceptors (Lipinski definition) is 6. The van der Waals surface area contributed by atoms with Gasteiger partial charge in [0, 0.05) is 29.7 Å². The van der Waals surface area contributed by atoms with Crippen molar-refractivity contribution in [1.29, 1.82) is 0 Å². The summed E-state index contributed by atoms with van der Waals surface area (Å²) in [6.45, 7) is 0.435. The highest BCUT2D eigenvalue weighted by atomic mass is 32.2. The lowest BCUT2D eigenvalue weighted by Crippen LogP contribution is -2.46. The molecule has 11 heteroatoms. The summed E-state index contributed by atoms with van der Waals surface area (Å²) in [6, 6.07) is 10.3. The van der Waals surface area contributed by atoms with Crippen molar-refractivity contribution >= 4 is 17.7 Å². The number of pyridine rings is 1. The van der Waals surface area contributed by atoms with Gasteiger partial charge in [0.2, 0.25) is 5.91 Å². The lowest BCUT2D eigenvalue weighted by atomic mass is 10.2. The third-order valence-corrected chi connectivity index (χ3v) is 6.61. The van der Waals surface area contributed by atoms with Gasteiger partial charge in [-0.25, -0.2) is 0 Å². The van der Waals surface area contributed by atoms with Crippen molar-refractivity contribution in [1.82, 2.24) is 24.6 Å². The molecule has 0 aliphatic heterocycles. The molecule has 0 spiro atoms. The fourth-order valence-corrected chi connectivity index (χ4v) is 4.55. The minimum Gasteiger partial charge on any atom is -0.497 e. The van der Waals surface area contributed by atoms with Gasteiger partial charge in [0.1, 0.15) is 12.3 Å². The molecule has 1 aromatic carbocycles. The van der Waals surface area contributed by atoms with Crippen LogP contribution in [-0.4, -0.2) is 62.2 Å². The third-order valence-electron chi connectivity index (χ3n) is 5.69. The van der Waals surface area contributed by atoms with E-state index in [1.54, 1.807) is 55.3 Å². The van der Waals surface area contributed by atoms with Gasteiger partial charge in [0.15, 0.2) is 11.0 Å². The van der Waals surface area contributed by atoms with Gasteiger partial charge in [-0.2, -0.15) is 13.2 Å². The molecule has 1 saturated carbocycles. The van der Waals surface area contributed by atoms with Gasteiger partial charge in [0.25, 0.3) is 0 Å². The zero-order valence-corrected chi connectivity index (χ0v) is 19.5. The zero-order valence-electron chi connectivity index (χ0n) is 18.7. The first-order chi connectivity index (χ1) is 16.3. The molecule has 2 aromatic heterocycles. The van der Waals surface area contributed by atoms with Gasteiger partial charge in [-0.05, 0) is 62.1 Å². The van der Waals surface area contributed by atoms with E-state index in [2.05, 4.69) is 15.2 Å². The Morgan fingerprint density at radius 2 is 1.85 bits per heavy atom. The second-order valence-electron chi connectivity index (χ2n) is 8.08. The molecule has 1 aliphatic carbocycles. The fraction of sp³-hybridized carbons (Fsp3) is 0.391. The minimum atomic E-state index is -4.46. The molecule has 7 nitrogen and oxygen atoms in total. The zero-order chi connectivity index (χ0) is 24.3. The van der Waals surface area contributed by atoms with E-state index in [9.17, 15) is 18.0 Å². The summed E-state index contributed by atoms with van der Waals surface area (Å²) in [5, 5.41) is 8.93. The van der Waals surface area contributed by atoms with Crippen LogP contribution in [0.2, 0.25) is 0 Å². The van der Waals surface area contributed by atoms with Gasteiger partial charge in [0.05, 0.1) is 12.9 Å². The van der Waals surface area contributed by atoms with Crippen LogP contribution in [0.15, 0.2) is 53.9 Å². The Morgan fingerprint density at radius 1 is 1.18 bits per heavy atom. The monoisotopic (exact) mass is 491 g/mol. The van der Waals surface area contributed by atoms with Crippen LogP contribution in [0.4, 0.5) is 13.2 Å². The number of halogens is 3. The number of ether oxygens (including phenoxy) is 1. The number of benzene rings is 1. The molecule has 2 heterocycles. The van der Waals surface area contributed by atoms with Gasteiger partial charge >= 0.3 is 6.18 Å². The maximum Gasteiger partial charge on any atom is 0.406 e. The van der Waals surface area contributed by atoms with Crippen molar-refractivity contribution < 1.29 is 22.7 Å². The maximum atomic E-state index is 13.2. The molecule has 0 N–H and O–H groups in total. The van der Waals surface area contributed by atoms with Crippen LogP contribution in [0.25, 0.3) is 17.1 Å². The number of amides is 1. The highest BCUT2D eigenvalue weighted by Gasteiger charge is 2.40. The standard InChI is InChI=1S/C23H24F3N5O2S/c1-15(16-3-4-16)30(14-23(24,25)26)20(32)13-34-22-29-28-21(17-9-11-27-12-10-17)31(22)18-5-7-19(33-2)8-6-18/h5-12,15-16H,3-4,13-14H2,1-2H3/t15-/m0/s1. The van der Waals surface area contributed by atoms with Gasteiger partial charge in [-0.15, -0.1) is 10.2 Å². The Hall–Kier alpha value is -3.08. The Balaban J connectivity index is 1.60. The Morgan fingerprint density at radius 3 is 2.44 bits per heavy atom. The van der Waals surface area contributed by atoms with E-state index >= 15 is 0 Å². The predicted molar refractivity (Wildman–Crippen MR) is 122 cm³/mol. The molecule has 0 bridgehead atoms. The van der Waals surface area contributed by atoms with Crippen molar-refractivity contribution in [2.45, 2.75) is 37.1 Å². The lowest BCUT2D eigenvalue weighted by Gasteiger charge is -2.30. The van der Waals surface area contributed by atoms with E-state index < -0.39 is 24.7 Å². The normalized spacial score (nSPS) is 14.6. The summed E-state index contributed by atoms with van der Waals surface area (Å²) in [7, 11) is 1.57. The molecule has 180 valence electrons. The van der Waals surface area contributed by atoms with Crippen LogP contribution in [0.5, 0.6) is 5.75 Å². The number of nitrogens with zero attached hydrogens (tertiary/aromatic N) is 5. The quantitative estimate of drug-likeness (QED) is 0.407. The Kier molecular flexibility index (Phi) is 7.11. The number of thioether (sulfide) groups is 1. The van der Waals surface area contributed by atoms with Crippen molar-refractivity contribution in [3.63, 3.8) is 0 Å². The maximum absolute atomic E-state index is 13.2. The van der Waals surface area contributed by atoms with Crippen molar-refractivity contribution in [3.05, 3.63) is 48.8 Å². The summed E-state index contributed by atoms with van der Waals surface area (Å²) in [4.78, 5) is 17.9. The summed E-state index contributed by atoms with van der Waals surface area (Å²) in [5.74, 6) is 0.566. The number of hydrogen-bond donors (Lipinski definition) is 0. The molecule has 34 heavy (non-hydrogen) atoms. The molecule has 0 radical (unpaired) electrons. The Labute approximate surface area is 199 Å². The highest BCUT2D eigenvalue weighted by Crippen LogP contribution is 2.37. The molecule has 1 amide bonds. The summed E-state index contributed by atoms with van der Waals surface area (Å²) < 4.78 is 46.5. The number of aromatic nitrogens is 4. The summed E-state index contributed by atoms with van der Waals surface area (Å²) in [5.41, 5.74) is 1.49. The van der Waals surface area contributed by atoms with Crippen LogP contribution in [-0.2, 0) is 4.79 Å². The van der Waals surface area contributed by atoms with Gasteiger partial charge in [-0.3, -0.25) is 14.3 Å². The molecule has 0 saturated heterocycles. The molecule has 1 fully saturated rings. The second-order valence-corrected chi connectivity index (χ2v) is 9.02. The van der Waals surface area contributed by atoms with Crippen molar-refractivity contribution in [3.8, 4) is 22.8 Å². The lowest BCUT2D eigenvalue weighted by molar-refractivity contribution is -0.164. The number of methoxy groups -OCH3 is 1. The SMILES string of the molecule is COc1ccc(-n2c(SCC(=O)N(CC(F)(F)F)[C@@H](C)C3CC3)nnc2-c2ccncc2)cc1. The predicted octanol–water partition coefficient (Wildman–Crippen LogP) is 4.62. The average Bonchev–Trinajstić information content (AvgIpc) is 3.60. The van der Waals surface area contributed by atoms with E-state index in [-0.39, 0.29) is 11.7 Å². The van der Waals surface area contributed by atoms with E-state index in [4.69, 9.17) is 4.74 Å². The largest absolute Gasteiger partial charge is 0.497 e. The molecule has 0 unspecified atom stereocenters. The first-order valence-electron chi connectivity index (χ1n) is 10.8. The molecule has 1 aliphatic rings. The summed E-state index contributed by atoms with van der Waals surface area (Å²) >= 11 is 1.06. The smallest absolute Gasteiger partial charge is 0.406 e. The van der Waals surface area contributed by atoms with E-state index in [0.717, 1.165) is 40.8 Å². The third kappa shape index (κ3) is 5.69. The van der Waals surface area contributed by atoms with Gasteiger partial charge < -0.3 is 9.64 Å². The number of alkyl halides is 3. The van der Waals surface area contributed by atoms with Crippen molar-refractivity contribution in [2.75, 3.05) is 19.4 Å². The Bertz CT molecular complexity index is 1120. The topological polar surface area (TPSA) is 73.1 Å². The molecule has 1 atom stereocenters. The summed E-state index contributed by atoms with van der Waals surface area (Å²) in [6.07, 6.45) is 0.495. The van der Waals surface area contributed by atoms with Gasteiger partial charge in [-0.1, -0.05) is 11.8 Å². The van der Waals surface area contributed by atoms with Crippen LogP contribution in [0, 0.1) is 5.92 Å². The minimum absolute atomic E-state index is 0.123. The number of rotatable bonds is 9. The first kappa shape index (κ1) is 24.1. The van der Waals surface area contributed by atoms with E-state index in [1.165, 1.54) is 0 Å². The molecule has 3 aromatic rings. The second kappa shape index (κ2) is 10.0. The fourth-order valence-electron chi connectivity index (χ4n) is 3.71. The highest BCUT2D eigenvalue weighted by molar-refractivity contribution is 7.99. The van der Waals surface area contributed by atoms with E-state index in [1.807, 2.05) is 12.1 Å². The number of carbonyl (C=O) groups is 1. The van der Waals surface area contributed by atoms with Crippen molar-refractivity contribution in [2.24, 2.45) is 5.92 Å². The van der Waals surface area contributed by atoms with Crippen LogP contribution in [0.1, 0.15) is 19.8 Å². The molecular formula is C23H24F3N5O2S. The average molecular weight is 492 g/mol. The first-order valence-corrected chi connectivity index (χ1v) is 11.7. The molecule has 4 rings (SSSR count). The van der Waals surface area contributed by atoms with Crippen LogP contribution in [0.3, 0.4) is 0 Å².